The fraction of sp³-hybridized carbons (Fsp3) is 0.233. The van der Waals surface area contributed by atoms with Crippen molar-refractivity contribution in [1.82, 2.24) is 0 Å². The second-order valence-electron chi connectivity index (χ2n) is 8.66. The van der Waals surface area contributed by atoms with Gasteiger partial charge in [-0.2, -0.15) is 0 Å². The third kappa shape index (κ3) is 5.69. The molecule has 202 valence electrons. The molecule has 1 N–H and O–H groups in total. The Bertz CT molecular complexity index is 1380. The van der Waals surface area contributed by atoms with E-state index in [1.165, 1.54) is 14.2 Å². The summed E-state index contributed by atoms with van der Waals surface area (Å²) in [4.78, 5) is 34.1. The van der Waals surface area contributed by atoms with Crippen LogP contribution in [-0.4, -0.2) is 51.5 Å². The van der Waals surface area contributed by atoms with Crippen molar-refractivity contribution in [3.63, 3.8) is 0 Å². The summed E-state index contributed by atoms with van der Waals surface area (Å²) in [5.41, 5.74) is 1.87. The molecule has 0 unspecified atom stereocenters. The van der Waals surface area contributed by atoms with Gasteiger partial charge in [-0.1, -0.05) is 12.1 Å². The molecule has 0 radical (unpaired) electrons. The van der Waals surface area contributed by atoms with Crippen LogP contribution in [0, 0.1) is 5.41 Å². The van der Waals surface area contributed by atoms with Crippen LogP contribution in [0.25, 0.3) is 5.57 Å². The van der Waals surface area contributed by atoms with E-state index in [0.29, 0.717) is 17.1 Å². The molecule has 0 aliphatic heterocycles. The van der Waals surface area contributed by atoms with Crippen LogP contribution in [0.1, 0.15) is 12.0 Å². The molecule has 1 aliphatic carbocycles. The average Bonchev–Trinajstić information content (AvgIpc) is 3.31. The monoisotopic (exact) mass is 562 g/mol. The lowest BCUT2D eigenvalue weighted by atomic mass is 9.81. The maximum Gasteiger partial charge on any atom is 0.329 e. The van der Waals surface area contributed by atoms with E-state index in [0.717, 1.165) is 26.6 Å². The zero-order valence-electron chi connectivity index (χ0n) is 22.4. The summed E-state index contributed by atoms with van der Waals surface area (Å²) in [7, 11) is 4.12. The number of anilines is 1. The Hall–Kier alpha value is -3.69. The van der Waals surface area contributed by atoms with Crippen molar-refractivity contribution < 1.29 is 23.8 Å². The smallest absolute Gasteiger partial charge is 0.329 e. The van der Waals surface area contributed by atoms with Gasteiger partial charge < -0.3 is 19.5 Å². The summed E-state index contributed by atoms with van der Waals surface area (Å²) in [5.74, 6) is -0.793. The number of hydrogen-bond acceptors (Lipinski definition) is 9. The van der Waals surface area contributed by atoms with E-state index >= 15 is 0 Å². The third-order valence-electron chi connectivity index (χ3n) is 6.56. The molecule has 3 aromatic rings. The molecule has 39 heavy (non-hydrogen) atoms. The molecular formula is C30H30N2O5S2. The Labute approximate surface area is 237 Å². The molecule has 0 amide bonds. The second-order valence-corrected chi connectivity index (χ2v) is 10.4. The molecule has 0 saturated carbocycles. The highest BCUT2D eigenvalue weighted by atomic mass is 32.2. The number of ether oxygens (including phenoxy) is 3. The molecule has 0 aromatic heterocycles. The van der Waals surface area contributed by atoms with E-state index in [1.807, 2.05) is 85.3 Å². The number of aliphatic imine (C=N–C) groups is 1. The van der Waals surface area contributed by atoms with E-state index in [1.54, 1.807) is 30.6 Å². The average molecular weight is 563 g/mol. The normalized spacial score (nSPS) is 15.3. The number of esters is 2. The Kier molecular flexibility index (Phi) is 9.04. The van der Waals surface area contributed by atoms with Crippen LogP contribution in [0.15, 0.2) is 93.3 Å². The molecule has 0 bridgehead atoms. The molecule has 0 spiro atoms. The van der Waals surface area contributed by atoms with Gasteiger partial charge in [0, 0.05) is 21.9 Å². The van der Waals surface area contributed by atoms with Gasteiger partial charge in [-0.3, -0.25) is 9.59 Å². The van der Waals surface area contributed by atoms with E-state index < -0.39 is 17.4 Å². The molecular weight excluding hydrogens is 532 g/mol. The number of allylic oxidation sites excluding steroid dienone is 2. The van der Waals surface area contributed by atoms with Crippen molar-refractivity contribution in [3.05, 3.63) is 84.1 Å². The van der Waals surface area contributed by atoms with Crippen molar-refractivity contribution in [2.24, 2.45) is 10.4 Å². The molecule has 7 nitrogen and oxygen atoms in total. The van der Waals surface area contributed by atoms with Gasteiger partial charge in [0.2, 0.25) is 5.41 Å². The number of nitrogens with zero attached hydrogens (tertiary/aromatic N) is 1. The van der Waals surface area contributed by atoms with Crippen LogP contribution in [0.4, 0.5) is 11.4 Å². The van der Waals surface area contributed by atoms with Crippen LogP contribution in [0.2, 0.25) is 0 Å². The maximum absolute atomic E-state index is 13.5. The van der Waals surface area contributed by atoms with Crippen molar-refractivity contribution in [2.45, 2.75) is 16.2 Å². The van der Waals surface area contributed by atoms with Crippen molar-refractivity contribution in [3.8, 4) is 5.75 Å². The first-order valence-corrected chi connectivity index (χ1v) is 14.5. The lowest BCUT2D eigenvalue weighted by Gasteiger charge is -2.25. The summed E-state index contributed by atoms with van der Waals surface area (Å²) in [5, 5.41) is 3.46. The lowest BCUT2D eigenvalue weighted by Crippen LogP contribution is -2.46. The van der Waals surface area contributed by atoms with E-state index in [-0.39, 0.29) is 12.1 Å². The molecule has 9 heteroatoms. The van der Waals surface area contributed by atoms with Crippen molar-refractivity contribution >= 4 is 58.1 Å². The molecule has 0 atom stereocenters. The summed E-state index contributed by atoms with van der Waals surface area (Å²) in [6, 6.07) is 23.0. The maximum atomic E-state index is 13.5. The van der Waals surface area contributed by atoms with Crippen molar-refractivity contribution in [1.29, 1.82) is 0 Å². The highest BCUT2D eigenvalue weighted by molar-refractivity contribution is 7.98. The first-order valence-electron chi connectivity index (χ1n) is 12.1. The molecule has 0 saturated heterocycles. The van der Waals surface area contributed by atoms with Gasteiger partial charge in [-0.25, -0.2) is 4.99 Å². The summed E-state index contributed by atoms with van der Waals surface area (Å²) in [6.45, 7) is 0. The highest BCUT2D eigenvalue weighted by Gasteiger charge is 2.59. The Morgan fingerprint density at radius 3 is 1.82 bits per heavy atom. The van der Waals surface area contributed by atoms with Gasteiger partial charge in [-0.15, -0.1) is 23.5 Å². The summed E-state index contributed by atoms with van der Waals surface area (Å²) in [6.07, 6.45) is 4.01. The largest absolute Gasteiger partial charge is 0.497 e. The predicted molar refractivity (Wildman–Crippen MR) is 158 cm³/mol. The zero-order chi connectivity index (χ0) is 28.0. The van der Waals surface area contributed by atoms with Gasteiger partial charge in [0.25, 0.3) is 0 Å². The fourth-order valence-electron chi connectivity index (χ4n) is 4.49. The van der Waals surface area contributed by atoms with E-state index in [4.69, 9.17) is 19.2 Å². The molecule has 4 rings (SSSR count). The van der Waals surface area contributed by atoms with Crippen LogP contribution in [-0.2, 0) is 19.1 Å². The van der Waals surface area contributed by atoms with E-state index in [9.17, 15) is 9.59 Å². The highest BCUT2D eigenvalue weighted by Crippen LogP contribution is 2.47. The van der Waals surface area contributed by atoms with Gasteiger partial charge in [-0.05, 0) is 84.3 Å². The minimum atomic E-state index is -1.81. The van der Waals surface area contributed by atoms with Crippen molar-refractivity contribution in [2.75, 3.05) is 39.2 Å². The fourth-order valence-corrected chi connectivity index (χ4v) is 5.31. The zero-order valence-corrected chi connectivity index (χ0v) is 24.1. The molecule has 3 aromatic carbocycles. The quantitative estimate of drug-likeness (QED) is 0.180. The van der Waals surface area contributed by atoms with Crippen LogP contribution < -0.4 is 10.1 Å². The molecule has 1 aliphatic rings. The summed E-state index contributed by atoms with van der Waals surface area (Å²) >= 11 is 3.25. The Morgan fingerprint density at radius 1 is 0.795 bits per heavy atom. The topological polar surface area (TPSA) is 86.2 Å². The summed E-state index contributed by atoms with van der Waals surface area (Å²) < 4.78 is 15.8. The van der Waals surface area contributed by atoms with Crippen LogP contribution in [0.3, 0.4) is 0 Å². The molecule has 0 heterocycles. The number of thioether (sulfide) groups is 2. The van der Waals surface area contributed by atoms with Gasteiger partial charge >= 0.3 is 11.9 Å². The first kappa shape index (κ1) is 28.3. The van der Waals surface area contributed by atoms with Gasteiger partial charge in [0.15, 0.2) is 0 Å². The second kappa shape index (κ2) is 12.4. The number of benzene rings is 3. The number of rotatable bonds is 9. The standard InChI is InChI=1S/C30H30N2O5S2/c1-35-22-12-6-19(7-13-22)25-18-30(28(33)36-2,29(34)37-3)27(32-21-10-16-24(39-5)17-11-21)26(25)31-20-8-14-23(38-4)15-9-20/h6-17,31H,18H2,1-5H3. The minimum Gasteiger partial charge on any atom is -0.497 e. The van der Waals surface area contributed by atoms with Gasteiger partial charge in [0.1, 0.15) is 5.75 Å². The number of carbonyl (C=O) groups excluding carboxylic acids is 2. The van der Waals surface area contributed by atoms with E-state index in [2.05, 4.69) is 5.32 Å². The number of nitrogens with one attached hydrogen (secondary N) is 1. The predicted octanol–water partition coefficient (Wildman–Crippen LogP) is 6.47. The van der Waals surface area contributed by atoms with Gasteiger partial charge in [0.05, 0.1) is 38.4 Å². The minimum absolute atomic E-state index is 0.00559. The van der Waals surface area contributed by atoms with Crippen LogP contribution in [0.5, 0.6) is 5.75 Å². The first-order chi connectivity index (χ1) is 18.9. The molecule has 0 fully saturated rings. The number of hydrogen-bond donors (Lipinski definition) is 1. The van der Waals surface area contributed by atoms with Crippen LogP contribution >= 0.6 is 23.5 Å². The third-order valence-corrected chi connectivity index (χ3v) is 8.05. The Morgan fingerprint density at radius 2 is 1.33 bits per heavy atom. The number of methoxy groups -OCH3 is 3. The SMILES string of the molecule is COC(=O)C1(C(=O)OC)CC(c2ccc(OC)cc2)=C(Nc2ccc(SC)cc2)C1=Nc1ccc(SC)cc1. The Balaban J connectivity index is 1.98. The lowest BCUT2D eigenvalue weighted by molar-refractivity contribution is -0.162. The number of carbonyl (C=O) groups is 2.